The normalized spacial score (nSPS) is 11.6. The summed E-state index contributed by atoms with van der Waals surface area (Å²) < 4.78 is 30.0. The van der Waals surface area contributed by atoms with Gasteiger partial charge in [0.1, 0.15) is 29.6 Å². The minimum atomic E-state index is -0.330. The maximum absolute atomic E-state index is 13.7. The van der Waals surface area contributed by atoms with Crippen LogP contribution in [0.15, 0.2) is 48.5 Å². The summed E-state index contributed by atoms with van der Waals surface area (Å²) in [7, 11) is 2.99. The third kappa shape index (κ3) is 6.42. The zero-order valence-electron chi connectivity index (χ0n) is 20.3. The van der Waals surface area contributed by atoms with Crippen LogP contribution in [-0.4, -0.2) is 43.4 Å². The third-order valence-corrected chi connectivity index (χ3v) is 5.36. The van der Waals surface area contributed by atoms with E-state index in [-0.39, 0.29) is 42.0 Å². The number of ketones is 2. The summed E-state index contributed by atoms with van der Waals surface area (Å²) in [5, 5.41) is 0. The first-order valence-electron chi connectivity index (χ1n) is 11.2. The first-order valence-corrected chi connectivity index (χ1v) is 11.2. The SMILES string of the molecule is COc1cc(C(=O)CCC(=O)c2ccc(OC)c(-c3ccc(F)c(C)c3)n2)ccc1OCC(C)N. The Kier molecular flexibility index (Phi) is 8.54. The Morgan fingerprint density at radius 3 is 2.29 bits per heavy atom. The Balaban J connectivity index is 1.73. The Hall–Kier alpha value is -3.78. The van der Waals surface area contributed by atoms with E-state index in [9.17, 15) is 14.0 Å². The van der Waals surface area contributed by atoms with Gasteiger partial charge >= 0.3 is 0 Å². The van der Waals surface area contributed by atoms with Crippen LogP contribution in [0.4, 0.5) is 4.39 Å². The summed E-state index contributed by atoms with van der Waals surface area (Å²) in [6, 6.07) is 12.5. The number of ether oxygens (including phenoxy) is 3. The van der Waals surface area contributed by atoms with Crippen LogP contribution in [0.2, 0.25) is 0 Å². The number of hydrogen-bond acceptors (Lipinski definition) is 7. The highest BCUT2D eigenvalue weighted by Gasteiger charge is 2.17. The summed E-state index contributed by atoms with van der Waals surface area (Å²) in [6.45, 7) is 3.79. The quantitative estimate of drug-likeness (QED) is 0.394. The second-order valence-electron chi connectivity index (χ2n) is 8.21. The van der Waals surface area contributed by atoms with Crippen molar-refractivity contribution in [3.8, 4) is 28.5 Å². The van der Waals surface area contributed by atoms with E-state index in [1.807, 2.05) is 6.92 Å². The van der Waals surface area contributed by atoms with Crippen molar-refractivity contribution >= 4 is 11.6 Å². The van der Waals surface area contributed by atoms with E-state index < -0.39 is 0 Å². The number of hydrogen-bond donors (Lipinski definition) is 1. The maximum atomic E-state index is 13.7. The molecule has 0 saturated heterocycles. The van der Waals surface area contributed by atoms with Crippen molar-refractivity contribution in [2.75, 3.05) is 20.8 Å². The molecule has 3 rings (SSSR count). The van der Waals surface area contributed by atoms with Crippen LogP contribution in [0.25, 0.3) is 11.3 Å². The van der Waals surface area contributed by atoms with Crippen molar-refractivity contribution in [2.45, 2.75) is 32.7 Å². The molecular formula is C27H29FN2O5. The third-order valence-electron chi connectivity index (χ3n) is 5.36. The van der Waals surface area contributed by atoms with Gasteiger partial charge in [-0.25, -0.2) is 9.37 Å². The van der Waals surface area contributed by atoms with Crippen LogP contribution in [0.5, 0.6) is 17.2 Å². The number of halogens is 1. The van der Waals surface area contributed by atoms with E-state index in [1.165, 1.54) is 20.3 Å². The van der Waals surface area contributed by atoms with E-state index in [2.05, 4.69) is 4.98 Å². The number of benzene rings is 2. The summed E-state index contributed by atoms with van der Waals surface area (Å²) in [5.74, 6) is 0.538. The molecule has 1 heterocycles. The summed E-state index contributed by atoms with van der Waals surface area (Å²) in [6.07, 6.45) is -0.0218. The molecule has 0 spiro atoms. The average Bonchev–Trinajstić information content (AvgIpc) is 2.86. The molecule has 3 aromatic rings. The molecule has 1 atom stereocenters. The van der Waals surface area contributed by atoms with Gasteiger partial charge in [0.25, 0.3) is 0 Å². The van der Waals surface area contributed by atoms with Gasteiger partial charge in [-0.05, 0) is 67.9 Å². The van der Waals surface area contributed by atoms with E-state index >= 15 is 0 Å². The molecule has 0 saturated carbocycles. The Labute approximate surface area is 204 Å². The number of nitrogens with zero attached hydrogens (tertiary/aromatic N) is 1. The summed E-state index contributed by atoms with van der Waals surface area (Å²) >= 11 is 0. The van der Waals surface area contributed by atoms with Gasteiger partial charge in [-0.15, -0.1) is 0 Å². The Bertz CT molecular complexity index is 1230. The monoisotopic (exact) mass is 480 g/mol. The Morgan fingerprint density at radius 2 is 1.63 bits per heavy atom. The fourth-order valence-corrected chi connectivity index (χ4v) is 3.45. The number of carbonyl (C=O) groups is 2. The van der Waals surface area contributed by atoms with Crippen LogP contribution >= 0.6 is 0 Å². The highest BCUT2D eigenvalue weighted by atomic mass is 19.1. The minimum Gasteiger partial charge on any atom is -0.494 e. The molecule has 184 valence electrons. The van der Waals surface area contributed by atoms with E-state index in [0.717, 1.165) is 0 Å². The number of methoxy groups -OCH3 is 2. The van der Waals surface area contributed by atoms with Gasteiger partial charge in [-0.2, -0.15) is 0 Å². The van der Waals surface area contributed by atoms with Crippen molar-refractivity contribution in [2.24, 2.45) is 5.73 Å². The number of nitrogens with two attached hydrogens (primary N) is 1. The standard InChI is InChI=1S/C27H29FN2O5/c1-16-13-19(5-7-20(16)28)27-25(33-3)12-8-21(30-27)23(32)10-9-22(31)18-6-11-24(26(14-18)34-4)35-15-17(2)29/h5-8,11-14,17H,9-10,15,29H2,1-4H3. The number of rotatable bonds is 11. The topological polar surface area (TPSA) is 101 Å². The lowest BCUT2D eigenvalue weighted by molar-refractivity contribution is 0.0915. The van der Waals surface area contributed by atoms with Gasteiger partial charge < -0.3 is 19.9 Å². The molecule has 7 nitrogen and oxygen atoms in total. The predicted molar refractivity (Wildman–Crippen MR) is 131 cm³/mol. The van der Waals surface area contributed by atoms with Gasteiger partial charge in [-0.1, -0.05) is 0 Å². The average molecular weight is 481 g/mol. The molecule has 1 unspecified atom stereocenters. The van der Waals surface area contributed by atoms with Crippen LogP contribution in [-0.2, 0) is 0 Å². The maximum Gasteiger partial charge on any atom is 0.181 e. The lowest BCUT2D eigenvalue weighted by Crippen LogP contribution is -2.23. The highest BCUT2D eigenvalue weighted by molar-refractivity contribution is 6.02. The molecule has 0 aliphatic heterocycles. The smallest absolute Gasteiger partial charge is 0.181 e. The molecule has 0 fully saturated rings. The number of carbonyl (C=O) groups excluding carboxylic acids is 2. The van der Waals surface area contributed by atoms with E-state index in [1.54, 1.807) is 49.4 Å². The lowest BCUT2D eigenvalue weighted by Gasteiger charge is -2.13. The van der Waals surface area contributed by atoms with Crippen molar-refractivity contribution in [1.29, 1.82) is 0 Å². The second-order valence-corrected chi connectivity index (χ2v) is 8.21. The second kappa shape index (κ2) is 11.6. The van der Waals surface area contributed by atoms with Crippen molar-refractivity contribution < 1.29 is 28.2 Å². The fraction of sp³-hybridized carbons (Fsp3) is 0.296. The molecule has 0 amide bonds. The molecule has 8 heteroatoms. The van der Waals surface area contributed by atoms with E-state index in [4.69, 9.17) is 19.9 Å². The molecule has 2 N–H and O–H groups in total. The summed E-state index contributed by atoms with van der Waals surface area (Å²) in [4.78, 5) is 30.0. The molecule has 0 aliphatic rings. The molecule has 0 bridgehead atoms. The van der Waals surface area contributed by atoms with Crippen LogP contribution in [0, 0.1) is 12.7 Å². The van der Waals surface area contributed by atoms with Gasteiger partial charge in [0.05, 0.1) is 14.2 Å². The van der Waals surface area contributed by atoms with Crippen LogP contribution < -0.4 is 19.9 Å². The van der Waals surface area contributed by atoms with Gasteiger partial charge in [-0.3, -0.25) is 9.59 Å². The fourth-order valence-electron chi connectivity index (χ4n) is 3.45. The number of aromatic nitrogens is 1. The predicted octanol–water partition coefficient (Wildman–Crippen LogP) is 4.79. The Morgan fingerprint density at radius 1 is 0.943 bits per heavy atom. The van der Waals surface area contributed by atoms with Crippen molar-refractivity contribution in [3.63, 3.8) is 0 Å². The van der Waals surface area contributed by atoms with Crippen molar-refractivity contribution in [3.05, 3.63) is 71.2 Å². The molecule has 0 aliphatic carbocycles. The van der Waals surface area contributed by atoms with Crippen LogP contribution in [0.3, 0.4) is 0 Å². The number of Topliss-reactive ketones (excluding diaryl/α,β-unsaturated/α-hetero) is 2. The molecule has 2 aromatic carbocycles. The molecule has 0 radical (unpaired) electrons. The molecule has 1 aromatic heterocycles. The first kappa shape index (κ1) is 25.8. The zero-order valence-corrected chi connectivity index (χ0v) is 20.3. The molecular weight excluding hydrogens is 451 g/mol. The van der Waals surface area contributed by atoms with Crippen LogP contribution in [0.1, 0.15) is 46.2 Å². The van der Waals surface area contributed by atoms with Gasteiger partial charge in [0.15, 0.2) is 23.1 Å². The largest absolute Gasteiger partial charge is 0.494 e. The van der Waals surface area contributed by atoms with E-state index in [0.29, 0.717) is 46.2 Å². The lowest BCUT2D eigenvalue weighted by atomic mass is 10.0. The highest BCUT2D eigenvalue weighted by Crippen LogP contribution is 2.31. The summed E-state index contributed by atoms with van der Waals surface area (Å²) in [5.41, 5.74) is 7.85. The number of pyridine rings is 1. The molecule has 35 heavy (non-hydrogen) atoms. The first-order chi connectivity index (χ1) is 16.7. The van der Waals surface area contributed by atoms with Gasteiger partial charge in [0, 0.05) is 30.0 Å². The minimum absolute atomic E-state index is 0.000719. The zero-order chi connectivity index (χ0) is 25.5. The van der Waals surface area contributed by atoms with Crippen molar-refractivity contribution in [1.82, 2.24) is 4.98 Å². The number of aryl methyl sites for hydroxylation is 1. The van der Waals surface area contributed by atoms with Gasteiger partial charge in [0.2, 0.25) is 0 Å².